The summed E-state index contributed by atoms with van der Waals surface area (Å²) < 4.78 is 11.3. The molecular weight excluding hydrogens is 336 g/mol. The van der Waals surface area contributed by atoms with Crippen molar-refractivity contribution in [2.24, 2.45) is 0 Å². The Morgan fingerprint density at radius 3 is 2.50 bits per heavy atom. The molecule has 2 heterocycles. The molecule has 1 amide bonds. The predicted octanol–water partition coefficient (Wildman–Crippen LogP) is 2.31. The summed E-state index contributed by atoms with van der Waals surface area (Å²) in [4.78, 5) is 28.0. The van der Waals surface area contributed by atoms with Crippen molar-refractivity contribution in [2.75, 3.05) is 19.7 Å². The number of benzene rings is 1. The molecule has 1 aromatic carbocycles. The van der Waals surface area contributed by atoms with Crippen LogP contribution in [0, 0.1) is 0 Å². The summed E-state index contributed by atoms with van der Waals surface area (Å²) in [6.45, 7) is 5.87. The van der Waals surface area contributed by atoms with E-state index in [1.54, 1.807) is 0 Å². The van der Waals surface area contributed by atoms with E-state index in [0.29, 0.717) is 18.9 Å². The molecule has 2 aliphatic heterocycles. The summed E-state index contributed by atoms with van der Waals surface area (Å²) in [5.74, 6) is -1.06. The highest BCUT2D eigenvalue weighted by Crippen LogP contribution is 2.38. The smallest absolute Gasteiger partial charge is 0.413 e. The van der Waals surface area contributed by atoms with Crippen molar-refractivity contribution in [2.45, 2.75) is 51.1 Å². The Morgan fingerprint density at radius 2 is 1.92 bits per heavy atom. The van der Waals surface area contributed by atoms with E-state index in [2.05, 4.69) is 18.7 Å². The Hall–Kier alpha value is -2.12. The highest BCUT2D eigenvalue weighted by molar-refractivity contribution is 5.81. The first kappa shape index (κ1) is 18.7. The third kappa shape index (κ3) is 3.68. The maximum Gasteiger partial charge on any atom is 0.413 e. The van der Waals surface area contributed by atoms with Gasteiger partial charge in [0, 0.05) is 32.0 Å². The van der Waals surface area contributed by atoms with Crippen molar-refractivity contribution in [1.29, 1.82) is 0 Å². The largest absolute Gasteiger partial charge is 0.480 e. The summed E-state index contributed by atoms with van der Waals surface area (Å²) in [7, 11) is 0. The second kappa shape index (κ2) is 7.63. The predicted molar refractivity (Wildman–Crippen MR) is 94.5 cm³/mol. The number of rotatable bonds is 4. The van der Waals surface area contributed by atoms with Crippen molar-refractivity contribution in [3.05, 3.63) is 35.9 Å². The quantitative estimate of drug-likeness (QED) is 0.885. The minimum absolute atomic E-state index is 0.00253. The Morgan fingerprint density at radius 1 is 1.27 bits per heavy atom. The molecule has 0 saturated carbocycles. The monoisotopic (exact) mass is 362 g/mol. The first-order chi connectivity index (χ1) is 12.4. The number of likely N-dealkylation sites (tertiary alicyclic amines) is 1. The molecule has 2 fully saturated rings. The van der Waals surface area contributed by atoms with Gasteiger partial charge >= 0.3 is 12.1 Å². The topological polar surface area (TPSA) is 79.3 Å². The summed E-state index contributed by atoms with van der Waals surface area (Å²) in [6.07, 6.45) is 0.530. The van der Waals surface area contributed by atoms with Gasteiger partial charge in [-0.3, -0.25) is 4.90 Å². The zero-order valence-electron chi connectivity index (χ0n) is 15.3. The van der Waals surface area contributed by atoms with E-state index in [-0.39, 0.29) is 13.2 Å². The van der Waals surface area contributed by atoms with Crippen LogP contribution in [0.4, 0.5) is 4.79 Å². The van der Waals surface area contributed by atoms with Crippen molar-refractivity contribution in [3.63, 3.8) is 0 Å². The molecule has 26 heavy (non-hydrogen) atoms. The van der Waals surface area contributed by atoms with Crippen molar-refractivity contribution in [1.82, 2.24) is 9.80 Å². The summed E-state index contributed by atoms with van der Waals surface area (Å²) in [5, 5.41) is 9.53. The van der Waals surface area contributed by atoms with Crippen molar-refractivity contribution < 1.29 is 24.2 Å². The van der Waals surface area contributed by atoms with Gasteiger partial charge in [0.25, 0.3) is 0 Å². The normalized spacial score (nSPS) is 22.7. The zero-order valence-corrected chi connectivity index (χ0v) is 15.3. The number of hydrogen-bond donors (Lipinski definition) is 1. The van der Waals surface area contributed by atoms with Crippen molar-refractivity contribution >= 4 is 12.1 Å². The minimum Gasteiger partial charge on any atom is -0.480 e. The maximum absolute atomic E-state index is 12.8. The first-order valence-corrected chi connectivity index (χ1v) is 9.04. The van der Waals surface area contributed by atoms with Crippen LogP contribution in [0.2, 0.25) is 0 Å². The maximum atomic E-state index is 12.8. The lowest BCUT2D eigenvalue weighted by molar-refractivity contribution is -0.145. The van der Waals surface area contributed by atoms with Crippen LogP contribution in [-0.4, -0.2) is 64.5 Å². The van der Waals surface area contributed by atoms with Gasteiger partial charge in [0.15, 0.2) is 6.04 Å². The average Bonchev–Trinajstić information content (AvgIpc) is 3.00. The standard InChI is InChI=1S/C19H26N2O5/c1-14(2)20-10-8-19(9-11-20)21(16(13-26-19)17(22)23)18(24)25-12-15-6-4-3-5-7-15/h3-7,14,16H,8-13H2,1-2H3,(H,22,23). The van der Waals surface area contributed by atoms with Gasteiger partial charge in [-0.2, -0.15) is 0 Å². The number of nitrogens with zero attached hydrogens (tertiary/aromatic N) is 2. The van der Waals surface area contributed by atoms with Gasteiger partial charge in [0.2, 0.25) is 0 Å². The molecule has 0 aromatic heterocycles. The minimum atomic E-state index is -1.06. The second-order valence-corrected chi connectivity index (χ2v) is 7.15. The van der Waals surface area contributed by atoms with Crippen LogP contribution in [0.3, 0.4) is 0 Å². The highest BCUT2D eigenvalue weighted by atomic mass is 16.6. The summed E-state index contributed by atoms with van der Waals surface area (Å²) in [5.41, 5.74) is -0.0288. The molecule has 2 aliphatic rings. The number of carboxylic acids is 1. The SMILES string of the molecule is CC(C)N1CCC2(CC1)OCC(C(=O)O)N2C(=O)OCc1ccccc1. The molecule has 0 aliphatic carbocycles. The van der Waals surface area contributed by atoms with E-state index in [1.807, 2.05) is 30.3 Å². The van der Waals surface area contributed by atoms with E-state index in [1.165, 1.54) is 4.90 Å². The third-order valence-electron chi connectivity index (χ3n) is 5.26. The van der Waals surface area contributed by atoms with Crippen molar-refractivity contribution in [3.8, 4) is 0 Å². The molecule has 142 valence electrons. The molecule has 7 heteroatoms. The summed E-state index contributed by atoms with van der Waals surface area (Å²) >= 11 is 0. The van der Waals surface area contributed by atoms with E-state index >= 15 is 0 Å². The van der Waals surface area contributed by atoms with Crippen LogP contribution in [0.1, 0.15) is 32.3 Å². The average molecular weight is 362 g/mol. The number of carboxylic acid groups (broad SMARTS) is 1. The lowest BCUT2D eigenvalue weighted by atomic mass is 9.97. The second-order valence-electron chi connectivity index (χ2n) is 7.15. The lowest BCUT2D eigenvalue weighted by Crippen LogP contribution is -2.58. The molecule has 1 spiro atoms. The number of piperidine rings is 1. The van der Waals surface area contributed by atoms with Gasteiger partial charge in [-0.15, -0.1) is 0 Å². The fourth-order valence-corrected chi connectivity index (χ4v) is 3.70. The molecule has 1 atom stereocenters. The van der Waals surface area contributed by atoms with E-state index in [0.717, 1.165) is 18.7 Å². The van der Waals surface area contributed by atoms with Crippen LogP contribution in [0.5, 0.6) is 0 Å². The van der Waals surface area contributed by atoms with E-state index < -0.39 is 23.8 Å². The van der Waals surface area contributed by atoms with Crippen LogP contribution in [0.25, 0.3) is 0 Å². The molecule has 0 bridgehead atoms. The molecule has 1 aromatic rings. The van der Waals surface area contributed by atoms with Gasteiger partial charge in [-0.1, -0.05) is 30.3 Å². The number of ether oxygens (including phenoxy) is 2. The molecule has 1 N–H and O–H groups in total. The van der Waals surface area contributed by atoms with Crippen LogP contribution in [-0.2, 0) is 20.9 Å². The number of carbonyl (C=O) groups is 2. The highest BCUT2D eigenvalue weighted by Gasteiger charge is 2.54. The zero-order chi connectivity index (χ0) is 18.7. The van der Waals surface area contributed by atoms with Crippen LogP contribution >= 0.6 is 0 Å². The first-order valence-electron chi connectivity index (χ1n) is 9.04. The molecule has 3 rings (SSSR count). The van der Waals surface area contributed by atoms with Gasteiger partial charge in [0.1, 0.15) is 12.3 Å². The molecular formula is C19H26N2O5. The number of carbonyl (C=O) groups excluding carboxylic acids is 1. The molecule has 7 nitrogen and oxygen atoms in total. The number of hydrogen-bond acceptors (Lipinski definition) is 5. The Labute approximate surface area is 153 Å². The molecule has 0 radical (unpaired) electrons. The Balaban J connectivity index is 1.73. The number of aliphatic carboxylic acids is 1. The fraction of sp³-hybridized carbons (Fsp3) is 0.579. The Bertz CT molecular complexity index is 641. The van der Waals surface area contributed by atoms with Gasteiger partial charge in [0.05, 0.1) is 6.61 Å². The molecule has 1 unspecified atom stereocenters. The van der Waals surface area contributed by atoms with E-state index in [4.69, 9.17) is 9.47 Å². The molecule has 2 saturated heterocycles. The lowest BCUT2D eigenvalue weighted by Gasteiger charge is -2.44. The van der Waals surface area contributed by atoms with Gasteiger partial charge < -0.3 is 19.5 Å². The van der Waals surface area contributed by atoms with Gasteiger partial charge in [-0.05, 0) is 19.4 Å². The summed E-state index contributed by atoms with van der Waals surface area (Å²) in [6, 6.07) is 8.73. The van der Waals surface area contributed by atoms with Crippen LogP contribution < -0.4 is 0 Å². The Kier molecular flexibility index (Phi) is 5.48. The van der Waals surface area contributed by atoms with E-state index in [9.17, 15) is 14.7 Å². The number of amides is 1. The third-order valence-corrected chi connectivity index (χ3v) is 5.26. The van der Waals surface area contributed by atoms with Crippen LogP contribution in [0.15, 0.2) is 30.3 Å². The fourth-order valence-electron chi connectivity index (χ4n) is 3.70. The van der Waals surface area contributed by atoms with Gasteiger partial charge in [-0.25, -0.2) is 9.59 Å².